The van der Waals surface area contributed by atoms with Gasteiger partial charge in [-0.15, -0.1) is 0 Å². The molecule has 1 saturated heterocycles. The Balaban J connectivity index is 1.61. The van der Waals surface area contributed by atoms with Crippen molar-refractivity contribution in [2.75, 3.05) is 6.54 Å². The number of carboxylic acids is 1. The summed E-state index contributed by atoms with van der Waals surface area (Å²) < 4.78 is 6.28. The van der Waals surface area contributed by atoms with Crippen LogP contribution < -0.4 is 4.74 Å². The third-order valence-corrected chi connectivity index (χ3v) is 6.25. The van der Waals surface area contributed by atoms with Crippen LogP contribution >= 0.6 is 0 Å². The molecule has 3 aromatic rings. The molecule has 30 heavy (non-hydrogen) atoms. The summed E-state index contributed by atoms with van der Waals surface area (Å²) in [5.41, 5.74) is 2.33. The van der Waals surface area contributed by atoms with E-state index in [1.54, 1.807) is 0 Å². The predicted molar refractivity (Wildman–Crippen MR) is 120 cm³/mol. The molecule has 2 atom stereocenters. The van der Waals surface area contributed by atoms with Crippen LogP contribution in [-0.4, -0.2) is 28.6 Å². The van der Waals surface area contributed by atoms with Crippen molar-refractivity contribution in [3.63, 3.8) is 0 Å². The second-order valence-corrected chi connectivity index (χ2v) is 8.13. The summed E-state index contributed by atoms with van der Waals surface area (Å²) in [7, 11) is 0. The number of rotatable bonds is 7. The summed E-state index contributed by atoms with van der Waals surface area (Å²) in [5.74, 6) is 0.0189. The molecule has 1 fully saturated rings. The minimum atomic E-state index is -0.662. The molecule has 1 heterocycles. The molecule has 0 amide bonds. The quantitative estimate of drug-likeness (QED) is 0.566. The third-order valence-electron chi connectivity index (χ3n) is 6.25. The van der Waals surface area contributed by atoms with E-state index in [1.807, 2.05) is 18.2 Å². The van der Waals surface area contributed by atoms with Crippen LogP contribution in [0.3, 0.4) is 0 Å². The molecular formula is C26H29NO3. The maximum absolute atomic E-state index is 11.5. The molecule has 4 heteroatoms. The summed E-state index contributed by atoms with van der Waals surface area (Å²) in [6.45, 7) is 4.26. The average Bonchev–Trinajstić information content (AvgIpc) is 2.79. The van der Waals surface area contributed by atoms with Crippen LogP contribution in [0.5, 0.6) is 5.75 Å². The van der Waals surface area contributed by atoms with Gasteiger partial charge in [0.05, 0.1) is 5.92 Å². The van der Waals surface area contributed by atoms with Crippen molar-refractivity contribution in [1.82, 2.24) is 4.90 Å². The first-order valence-electron chi connectivity index (χ1n) is 10.8. The Kier molecular flexibility index (Phi) is 6.34. The molecule has 156 valence electrons. The van der Waals surface area contributed by atoms with E-state index in [0.717, 1.165) is 37.2 Å². The lowest BCUT2D eigenvalue weighted by Crippen LogP contribution is -2.43. The van der Waals surface area contributed by atoms with E-state index in [1.165, 1.54) is 16.3 Å². The predicted octanol–water partition coefficient (Wildman–Crippen LogP) is 5.49. The smallest absolute Gasteiger partial charge is 0.306 e. The third kappa shape index (κ3) is 4.49. The molecule has 1 aliphatic rings. The zero-order chi connectivity index (χ0) is 20.9. The summed E-state index contributed by atoms with van der Waals surface area (Å²) in [4.78, 5) is 13.9. The highest BCUT2D eigenvalue weighted by Crippen LogP contribution is 2.33. The normalized spacial score (nSPS) is 19.6. The van der Waals surface area contributed by atoms with E-state index in [4.69, 9.17) is 4.74 Å². The molecule has 0 aliphatic carbocycles. The number of fused-ring (bicyclic) bond motifs is 1. The van der Waals surface area contributed by atoms with E-state index in [9.17, 15) is 9.90 Å². The van der Waals surface area contributed by atoms with Gasteiger partial charge in [0.2, 0.25) is 0 Å². The molecular weight excluding hydrogens is 374 g/mol. The largest absolute Gasteiger partial charge is 0.489 e. The van der Waals surface area contributed by atoms with Gasteiger partial charge in [-0.25, -0.2) is 0 Å². The van der Waals surface area contributed by atoms with Gasteiger partial charge in [-0.05, 0) is 48.2 Å². The fourth-order valence-electron chi connectivity index (χ4n) is 4.51. The van der Waals surface area contributed by atoms with Crippen LogP contribution in [0, 0.1) is 5.92 Å². The minimum absolute atomic E-state index is 0.229. The van der Waals surface area contributed by atoms with Crippen molar-refractivity contribution in [3.8, 4) is 5.75 Å². The number of carbonyl (C=O) groups is 1. The summed E-state index contributed by atoms with van der Waals surface area (Å²) in [6, 6.07) is 23.1. The molecule has 4 nitrogen and oxygen atoms in total. The first kappa shape index (κ1) is 20.4. The Morgan fingerprint density at radius 3 is 2.60 bits per heavy atom. The molecule has 4 rings (SSSR count). The number of nitrogens with zero attached hydrogens (tertiary/aromatic N) is 1. The Hall–Kier alpha value is -2.85. The van der Waals surface area contributed by atoms with Crippen LogP contribution in [0.2, 0.25) is 0 Å². The number of carboxylic acid groups (broad SMARTS) is 1. The zero-order valence-corrected chi connectivity index (χ0v) is 17.5. The van der Waals surface area contributed by atoms with Crippen molar-refractivity contribution in [2.24, 2.45) is 5.92 Å². The van der Waals surface area contributed by atoms with Crippen molar-refractivity contribution in [1.29, 1.82) is 0 Å². The number of benzene rings is 3. The molecule has 0 bridgehead atoms. The Labute approximate surface area is 178 Å². The lowest BCUT2D eigenvalue weighted by molar-refractivity contribution is -0.144. The fraction of sp³-hybridized carbons (Fsp3) is 0.346. The number of ether oxygens (including phenoxy) is 1. The van der Waals surface area contributed by atoms with Crippen LogP contribution in [0.15, 0.2) is 66.7 Å². The molecule has 0 spiro atoms. The number of hydrogen-bond acceptors (Lipinski definition) is 3. The van der Waals surface area contributed by atoms with Gasteiger partial charge in [0, 0.05) is 18.2 Å². The van der Waals surface area contributed by atoms with Crippen LogP contribution in [-0.2, 0) is 17.9 Å². The summed E-state index contributed by atoms with van der Waals surface area (Å²) in [5, 5.41) is 11.9. The SMILES string of the molecule is CCC1CC(C(=O)O)CCN1Cc1c(OCc2ccccc2)ccc2ccccc12. The average molecular weight is 404 g/mol. The first-order chi connectivity index (χ1) is 14.7. The molecule has 0 saturated carbocycles. The van der Waals surface area contributed by atoms with E-state index < -0.39 is 5.97 Å². The summed E-state index contributed by atoms with van der Waals surface area (Å²) >= 11 is 0. The monoisotopic (exact) mass is 403 g/mol. The van der Waals surface area contributed by atoms with E-state index in [-0.39, 0.29) is 12.0 Å². The minimum Gasteiger partial charge on any atom is -0.489 e. The van der Waals surface area contributed by atoms with E-state index in [0.29, 0.717) is 13.0 Å². The van der Waals surface area contributed by atoms with Crippen LogP contribution in [0.25, 0.3) is 10.8 Å². The molecule has 0 radical (unpaired) electrons. The Morgan fingerprint density at radius 1 is 1.07 bits per heavy atom. The van der Waals surface area contributed by atoms with Crippen molar-refractivity contribution in [2.45, 2.75) is 45.4 Å². The molecule has 1 N–H and O–H groups in total. The van der Waals surface area contributed by atoms with Gasteiger partial charge < -0.3 is 9.84 Å². The van der Waals surface area contributed by atoms with Crippen LogP contribution in [0.1, 0.15) is 37.3 Å². The Bertz CT molecular complexity index is 1000. The highest BCUT2D eigenvalue weighted by atomic mass is 16.5. The van der Waals surface area contributed by atoms with Crippen molar-refractivity contribution >= 4 is 16.7 Å². The second-order valence-electron chi connectivity index (χ2n) is 8.13. The van der Waals surface area contributed by atoms with Gasteiger partial charge in [-0.1, -0.05) is 67.6 Å². The maximum atomic E-state index is 11.5. The Morgan fingerprint density at radius 2 is 1.83 bits per heavy atom. The summed E-state index contributed by atoms with van der Waals surface area (Å²) in [6.07, 6.45) is 2.38. The fourth-order valence-corrected chi connectivity index (χ4v) is 4.51. The van der Waals surface area contributed by atoms with E-state index in [2.05, 4.69) is 60.4 Å². The maximum Gasteiger partial charge on any atom is 0.306 e. The van der Waals surface area contributed by atoms with Crippen molar-refractivity contribution < 1.29 is 14.6 Å². The zero-order valence-electron chi connectivity index (χ0n) is 17.5. The van der Waals surface area contributed by atoms with Crippen molar-refractivity contribution in [3.05, 3.63) is 77.9 Å². The van der Waals surface area contributed by atoms with Gasteiger partial charge in [-0.3, -0.25) is 9.69 Å². The molecule has 0 aromatic heterocycles. The second kappa shape index (κ2) is 9.31. The highest BCUT2D eigenvalue weighted by Gasteiger charge is 2.31. The number of aliphatic carboxylic acids is 1. The standard InChI is InChI=1S/C26H29NO3/c1-2-22-16-21(26(28)29)14-15-27(22)17-24-23-11-7-6-10-20(23)12-13-25(24)30-18-19-8-4-3-5-9-19/h3-13,21-22H,2,14-18H2,1H3,(H,28,29). The van der Waals surface area contributed by atoms with Gasteiger partial charge in [0.1, 0.15) is 12.4 Å². The lowest BCUT2D eigenvalue weighted by Gasteiger charge is -2.38. The number of likely N-dealkylation sites (tertiary alicyclic amines) is 1. The van der Waals surface area contributed by atoms with Crippen LogP contribution in [0.4, 0.5) is 0 Å². The topological polar surface area (TPSA) is 49.8 Å². The number of piperidine rings is 1. The molecule has 2 unspecified atom stereocenters. The van der Waals surface area contributed by atoms with E-state index >= 15 is 0 Å². The lowest BCUT2D eigenvalue weighted by atomic mass is 9.89. The molecule has 3 aromatic carbocycles. The van der Waals surface area contributed by atoms with Gasteiger partial charge in [-0.2, -0.15) is 0 Å². The highest BCUT2D eigenvalue weighted by molar-refractivity contribution is 5.87. The van der Waals surface area contributed by atoms with Gasteiger partial charge >= 0.3 is 5.97 Å². The first-order valence-corrected chi connectivity index (χ1v) is 10.8. The number of hydrogen-bond donors (Lipinski definition) is 1. The van der Waals surface area contributed by atoms with Gasteiger partial charge in [0.25, 0.3) is 0 Å². The molecule has 1 aliphatic heterocycles. The van der Waals surface area contributed by atoms with Gasteiger partial charge in [0.15, 0.2) is 0 Å².